The lowest BCUT2D eigenvalue weighted by molar-refractivity contribution is -0.137. The van der Waals surface area contributed by atoms with Gasteiger partial charge in [0.25, 0.3) is 0 Å². The highest BCUT2D eigenvalue weighted by molar-refractivity contribution is 5.42. The van der Waals surface area contributed by atoms with Crippen LogP contribution in [0.4, 0.5) is 13.2 Å². The number of halogens is 3. The molecule has 1 unspecified atom stereocenters. The smallest absolute Gasteiger partial charge is 0.314 e. The Hall–Kier alpha value is -1.89. The van der Waals surface area contributed by atoms with Gasteiger partial charge in [-0.15, -0.1) is 5.10 Å². The van der Waals surface area contributed by atoms with Gasteiger partial charge in [-0.3, -0.25) is 0 Å². The summed E-state index contributed by atoms with van der Waals surface area (Å²) in [5.41, 5.74) is 0.00368. The van der Waals surface area contributed by atoms with Crippen LogP contribution in [0.25, 0.3) is 5.69 Å². The fourth-order valence-electron chi connectivity index (χ4n) is 2.77. The lowest BCUT2D eigenvalue weighted by atomic mass is 10.0. The van der Waals surface area contributed by atoms with Gasteiger partial charge in [0.15, 0.2) is 0 Å². The summed E-state index contributed by atoms with van der Waals surface area (Å²) in [5.74, 6) is 0. The van der Waals surface area contributed by atoms with E-state index in [0.29, 0.717) is 18.2 Å². The van der Waals surface area contributed by atoms with Crippen molar-refractivity contribution in [1.82, 2.24) is 20.3 Å². The molecule has 0 spiro atoms. The van der Waals surface area contributed by atoms with Crippen LogP contribution in [0.15, 0.2) is 30.5 Å². The van der Waals surface area contributed by atoms with E-state index in [1.807, 2.05) is 0 Å². The maximum atomic E-state index is 13.0. The third-order valence-electron chi connectivity index (χ3n) is 3.87. The van der Waals surface area contributed by atoms with Gasteiger partial charge < -0.3 is 5.32 Å². The summed E-state index contributed by atoms with van der Waals surface area (Å²) >= 11 is 0. The molecule has 0 aliphatic carbocycles. The van der Waals surface area contributed by atoms with Gasteiger partial charge in [0.2, 0.25) is 0 Å². The molecular formula is C15H17F3N4. The summed E-state index contributed by atoms with van der Waals surface area (Å²) in [7, 11) is 0. The van der Waals surface area contributed by atoms with Gasteiger partial charge in [-0.2, -0.15) is 13.2 Å². The number of benzene rings is 1. The molecule has 2 aromatic rings. The van der Waals surface area contributed by atoms with Crippen molar-refractivity contribution < 1.29 is 13.2 Å². The van der Waals surface area contributed by atoms with E-state index in [1.165, 1.54) is 29.7 Å². The van der Waals surface area contributed by atoms with Crippen LogP contribution in [0.1, 0.15) is 30.5 Å². The van der Waals surface area contributed by atoms with Crippen molar-refractivity contribution in [1.29, 1.82) is 0 Å². The summed E-state index contributed by atoms with van der Waals surface area (Å²) in [6.45, 7) is 0.982. The minimum atomic E-state index is -4.41. The molecule has 1 aliphatic heterocycles. The number of nitrogens with zero attached hydrogens (tertiary/aromatic N) is 3. The minimum absolute atomic E-state index is 0.00496. The number of rotatable bonds is 3. The van der Waals surface area contributed by atoms with Crippen LogP contribution in [0.2, 0.25) is 0 Å². The van der Waals surface area contributed by atoms with Crippen LogP contribution in [0, 0.1) is 0 Å². The molecule has 0 amide bonds. The quantitative estimate of drug-likeness (QED) is 0.948. The van der Waals surface area contributed by atoms with Gasteiger partial charge in [-0.25, -0.2) is 4.68 Å². The Morgan fingerprint density at radius 3 is 2.77 bits per heavy atom. The second-order valence-electron chi connectivity index (χ2n) is 5.52. The molecule has 0 bridgehead atoms. The maximum absolute atomic E-state index is 13.0. The molecule has 4 nitrogen and oxygen atoms in total. The first-order valence-electron chi connectivity index (χ1n) is 7.35. The van der Waals surface area contributed by atoms with E-state index >= 15 is 0 Å². The van der Waals surface area contributed by atoms with Gasteiger partial charge in [-0.1, -0.05) is 23.8 Å². The van der Waals surface area contributed by atoms with Gasteiger partial charge in [0.1, 0.15) is 0 Å². The predicted molar refractivity (Wildman–Crippen MR) is 75.7 cm³/mol. The van der Waals surface area contributed by atoms with Gasteiger partial charge in [0, 0.05) is 12.5 Å². The third-order valence-corrected chi connectivity index (χ3v) is 3.87. The van der Waals surface area contributed by atoms with E-state index in [1.54, 1.807) is 12.3 Å². The Balaban J connectivity index is 1.82. The molecule has 1 saturated heterocycles. The molecule has 7 heteroatoms. The number of para-hydroxylation sites is 1. The molecule has 1 aliphatic rings. The number of nitrogens with one attached hydrogen (secondary N) is 1. The Morgan fingerprint density at radius 2 is 2.05 bits per heavy atom. The van der Waals surface area contributed by atoms with Crippen LogP contribution < -0.4 is 5.32 Å². The molecular weight excluding hydrogens is 293 g/mol. The SMILES string of the molecule is FC(F)(F)c1ccccc1-n1cc(CC2CCCCN2)nn1. The van der Waals surface area contributed by atoms with Crippen molar-refractivity contribution in [3.05, 3.63) is 41.7 Å². The molecule has 1 aromatic carbocycles. The summed E-state index contributed by atoms with van der Waals surface area (Å²) in [5, 5.41) is 11.3. The molecule has 1 aromatic heterocycles. The Kier molecular flexibility index (Phi) is 4.15. The monoisotopic (exact) mass is 310 g/mol. The fraction of sp³-hybridized carbons (Fsp3) is 0.467. The third kappa shape index (κ3) is 3.30. The number of hydrogen-bond donors (Lipinski definition) is 1. The summed E-state index contributed by atoms with van der Waals surface area (Å²) in [6.07, 6.45) is 1.26. The van der Waals surface area contributed by atoms with Gasteiger partial charge in [-0.05, 0) is 31.5 Å². The molecule has 1 atom stereocenters. The highest BCUT2D eigenvalue weighted by atomic mass is 19.4. The summed E-state index contributed by atoms with van der Waals surface area (Å²) in [6, 6.07) is 5.72. The minimum Gasteiger partial charge on any atom is -0.314 e. The molecule has 0 saturated carbocycles. The molecule has 0 radical (unpaired) electrons. The zero-order valence-electron chi connectivity index (χ0n) is 12.0. The second-order valence-corrected chi connectivity index (χ2v) is 5.52. The first-order chi connectivity index (χ1) is 10.5. The zero-order valence-corrected chi connectivity index (χ0v) is 12.0. The first kappa shape index (κ1) is 15.0. The van der Waals surface area contributed by atoms with Crippen LogP contribution >= 0.6 is 0 Å². The summed E-state index contributed by atoms with van der Waals surface area (Å²) < 4.78 is 40.3. The lowest BCUT2D eigenvalue weighted by Crippen LogP contribution is -2.35. The Bertz CT molecular complexity index is 630. The van der Waals surface area contributed by atoms with E-state index in [4.69, 9.17) is 0 Å². The average Bonchev–Trinajstić information content (AvgIpc) is 2.96. The molecule has 1 N–H and O–H groups in total. The van der Waals surface area contributed by atoms with Crippen molar-refractivity contribution in [3.8, 4) is 5.69 Å². The molecule has 3 rings (SSSR count). The van der Waals surface area contributed by atoms with Crippen molar-refractivity contribution in [2.45, 2.75) is 37.9 Å². The second kappa shape index (κ2) is 6.08. The zero-order chi connectivity index (χ0) is 15.6. The van der Waals surface area contributed by atoms with Crippen LogP contribution in [0.5, 0.6) is 0 Å². The number of piperidine rings is 1. The van der Waals surface area contributed by atoms with Crippen LogP contribution in [-0.2, 0) is 12.6 Å². The summed E-state index contributed by atoms with van der Waals surface area (Å²) in [4.78, 5) is 0. The van der Waals surface area contributed by atoms with E-state index in [0.717, 1.165) is 19.0 Å². The predicted octanol–water partition coefficient (Wildman–Crippen LogP) is 2.97. The molecule has 118 valence electrons. The Labute approximate surface area is 126 Å². The highest BCUT2D eigenvalue weighted by Crippen LogP contribution is 2.33. The van der Waals surface area contributed by atoms with Crippen molar-refractivity contribution in [3.63, 3.8) is 0 Å². The van der Waals surface area contributed by atoms with E-state index in [2.05, 4.69) is 15.6 Å². The number of alkyl halides is 3. The van der Waals surface area contributed by atoms with Gasteiger partial charge in [0.05, 0.1) is 23.1 Å². The number of hydrogen-bond acceptors (Lipinski definition) is 3. The molecule has 1 fully saturated rings. The Morgan fingerprint density at radius 1 is 1.23 bits per heavy atom. The van der Waals surface area contributed by atoms with Gasteiger partial charge >= 0.3 is 6.18 Å². The molecule has 22 heavy (non-hydrogen) atoms. The topological polar surface area (TPSA) is 42.7 Å². The first-order valence-corrected chi connectivity index (χ1v) is 7.35. The fourth-order valence-corrected chi connectivity index (χ4v) is 2.77. The number of aromatic nitrogens is 3. The van der Waals surface area contributed by atoms with Crippen molar-refractivity contribution in [2.75, 3.05) is 6.54 Å². The van der Waals surface area contributed by atoms with Crippen LogP contribution in [0.3, 0.4) is 0 Å². The molecule has 2 heterocycles. The lowest BCUT2D eigenvalue weighted by Gasteiger charge is -2.22. The normalized spacial score (nSPS) is 19.3. The van der Waals surface area contributed by atoms with E-state index < -0.39 is 11.7 Å². The average molecular weight is 310 g/mol. The van der Waals surface area contributed by atoms with Crippen LogP contribution in [-0.4, -0.2) is 27.6 Å². The highest BCUT2D eigenvalue weighted by Gasteiger charge is 2.34. The van der Waals surface area contributed by atoms with E-state index in [-0.39, 0.29) is 5.69 Å². The van der Waals surface area contributed by atoms with E-state index in [9.17, 15) is 13.2 Å². The van der Waals surface area contributed by atoms with Crippen molar-refractivity contribution in [2.24, 2.45) is 0 Å². The largest absolute Gasteiger partial charge is 0.418 e. The standard InChI is InChI=1S/C15H17F3N4/c16-15(17,18)13-6-1-2-7-14(13)22-10-12(20-21-22)9-11-5-3-4-8-19-11/h1-2,6-7,10-11,19H,3-5,8-9H2. The van der Waals surface area contributed by atoms with Crippen molar-refractivity contribution >= 4 is 0 Å². The maximum Gasteiger partial charge on any atom is 0.418 e.